The number of halogens is 2. The van der Waals surface area contributed by atoms with Crippen molar-refractivity contribution in [2.45, 2.75) is 13.0 Å². The molecule has 0 bridgehead atoms. The molecule has 3 aromatic carbocycles. The summed E-state index contributed by atoms with van der Waals surface area (Å²) in [5.74, 6) is -2.80. The molecule has 1 unspecified atom stereocenters. The Bertz CT molecular complexity index is 917. The van der Waals surface area contributed by atoms with Crippen molar-refractivity contribution < 1.29 is 18.7 Å². The van der Waals surface area contributed by atoms with Gasteiger partial charge in [-0.25, -0.2) is 8.78 Å². The number of amides is 1. The maximum atomic E-state index is 13.8. The summed E-state index contributed by atoms with van der Waals surface area (Å²) in [7, 11) is 0. The van der Waals surface area contributed by atoms with Gasteiger partial charge in [0.25, 0.3) is 5.91 Å². The second-order valence-corrected chi connectivity index (χ2v) is 6.29. The van der Waals surface area contributed by atoms with E-state index in [0.717, 1.165) is 23.3 Å². The summed E-state index contributed by atoms with van der Waals surface area (Å²) in [5, 5.41) is 12.1. The highest BCUT2D eigenvalue weighted by Crippen LogP contribution is 2.23. The van der Waals surface area contributed by atoms with Crippen LogP contribution in [-0.2, 0) is 0 Å². The second-order valence-electron chi connectivity index (χ2n) is 6.29. The van der Waals surface area contributed by atoms with Crippen LogP contribution < -0.4 is 5.32 Å². The van der Waals surface area contributed by atoms with Crippen LogP contribution in [0, 0.1) is 18.6 Å². The standard InChI is InChI=1S/C22H19F2NO2/c1-14-5-7-15(8-6-14)16-9-11-17(12-10-16)20(13-26)25-22(27)21-18(23)3-2-4-19(21)24/h2-12,20,26H,13H2,1H3,(H,25,27). The van der Waals surface area contributed by atoms with Crippen molar-refractivity contribution in [1.29, 1.82) is 0 Å². The first-order valence-corrected chi connectivity index (χ1v) is 8.52. The van der Waals surface area contributed by atoms with Crippen LogP contribution in [0.5, 0.6) is 0 Å². The Kier molecular flexibility index (Phi) is 5.62. The summed E-state index contributed by atoms with van der Waals surface area (Å²) in [6, 6.07) is 17.8. The van der Waals surface area contributed by atoms with Crippen molar-refractivity contribution in [1.82, 2.24) is 5.32 Å². The largest absolute Gasteiger partial charge is 0.394 e. The Morgan fingerprint density at radius 1 is 0.926 bits per heavy atom. The SMILES string of the molecule is Cc1ccc(-c2ccc(C(CO)NC(=O)c3c(F)cccc3F)cc2)cc1. The minimum Gasteiger partial charge on any atom is -0.394 e. The molecule has 3 aromatic rings. The third kappa shape index (κ3) is 4.20. The molecule has 0 aliphatic carbocycles. The van der Waals surface area contributed by atoms with Crippen LogP contribution in [0.3, 0.4) is 0 Å². The lowest BCUT2D eigenvalue weighted by atomic mass is 10.00. The van der Waals surface area contributed by atoms with Gasteiger partial charge in [0.05, 0.1) is 12.6 Å². The predicted molar refractivity (Wildman–Crippen MR) is 100 cm³/mol. The first-order valence-electron chi connectivity index (χ1n) is 8.52. The highest BCUT2D eigenvalue weighted by Gasteiger charge is 2.21. The lowest BCUT2D eigenvalue weighted by Crippen LogP contribution is -2.32. The zero-order valence-electron chi connectivity index (χ0n) is 14.7. The van der Waals surface area contributed by atoms with Crippen LogP contribution >= 0.6 is 0 Å². The fourth-order valence-corrected chi connectivity index (χ4v) is 2.83. The first kappa shape index (κ1) is 18.7. The molecule has 0 saturated carbocycles. The Morgan fingerprint density at radius 3 is 1.96 bits per heavy atom. The number of aliphatic hydroxyl groups is 1. The minimum absolute atomic E-state index is 0.397. The molecule has 3 nitrogen and oxygen atoms in total. The molecule has 1 amide bonds. The number of carbonyl (C=O) groups is 1. The van der Waals surface area contributed by atoms with E-state index < -0.39 is 35.8 Å². The van der Waals surface area contributed by atoms with E-state index in [1.165, 1.54) is 11.6 Å². The van der Waals surface area contributed by atoms with Gasteiger partial charge in [-0.05, 0) is 35.7 Å². The number of aliphatic hydroxyl groups excluding tert-OH is 1. The molecule has 1 atom stereocenters. The average molecular weight is 367 g/mol. The van der Waals surface area contributed by atoms with Gasteiger partial charge in [-0.2, -0.15) is 0 Å². The van der Waals surface area contributed by atoms with E-state index in [-0.39, 0.29) is 0 Å². The fraction of sp³-hybridized carbons (Fsp3) is 0.136. The van der Waals surface area contributed by atoms with Gasteiger partial charge in [0.1, 0.15) is 17.2 Å². The van der Waals surface area contributed by atoms with Crippen molar-refractivity contribution in [3.05, 3.63) is 95.1 Å². The summed E-state index contributed by atoms with van der Waals surface area (Å²) in [5.41, 5.74) is 3.18. The quantitative estimate of drug-likeness (QED) is 0.702. The molecule has 27 heavy (non-hydrogen) atoms. The number of hydrogen-bond donors (Lipinski definition) is 2. The highest BCUT2D eigenvalue weighted by molar-refractivity contribution is 5.95. The Morgan fingerprint density at radius 2 is 1.44 bits per heavy atom. The molecule has 0 aliphatic heterocycles. The predicted octanol–water partition coefficient (Wildman–Crippen LogP) is 4.40. The zero-order chi connectivity index (χ0) is 19.4. The topological polar surface area (TPSA) is 49.3 Å². The number of aryl methyl sites for hydroxylation is 1. The molecule has 0 heterocycles. The van der Waals surface area contributed by atoms with Gasteiger partial charge in [0.2, 0.25) is 0 Å². The lowest BCUT2D eigenvalue weighted by Gasteiger charge is -2.18. The molecule has 2 N–H and O–H groups in total. The Labute approximate surface area is 156 Å². The summed E-state index contributed by atoms with van der Waals surface area (Å²) in [6.45, 7) is 1.62. The van der Waals surface area contributed by atoms with Gasteiger partial charge in [-0.3, -0.25) is 4.79 Å². The molecule has 138 valence electrons. The van der Waals surface area contributed by atoms with E-state index in [2.05, 4.69) is 5.32 Å². The number of benzene rings is 3. The zero-order valence-corrected chi connectivity index (χ0v) is 14.7. The molecule has 0 aliphatic rings. The van der Waals surface area contributed by atoms with Gasteiger partial charge in [0, 0.05) is 0 Å². The van der Waals surface area contributed by atoms with Gasteiger partial charge < -0.3 is 10.4 Å². The summed E-state index contributed by atoms with van der Waals surface area (Å²) in [4.78, 5) is 12.2. The monoisotopic (exact) mass is 367 g/mol. The van der Waals surface area contributed by atoms with E-state index in [1.54, 1.807) is 12.1 Å². The normalized spacial score (nSPS) is 11.9. The first-order chi connectivity index (χ1) is 13.0. The van der Waals surface area contributed by atoms with Crippen LogP contribution in [0.25, 0.3) is 11.1 Å². The number of nitrogens with one attached hydrogen (secondary N) is 1. The maximum absolute atomic E-state index is 13.8. The van der Waals surface area contributed by atoms with Crippen LogP contribution in [0.15, 0.2) is 66.7 Å². The van der Waals surface area contributed by atoms with Crippen LogP contribution in [-0.4, -0.2) is 17.6 Å². The average Bonchev–Trinajstić information content (AvgIpc) is 2.67. The number of carbonyl (C=O) groups excluding carboxylic acids is 1. The van der Waals surface area contributed by atoms with E-state index >= 15 is 0 Å². The fourth-order valence-electron chi connectivity index (χ4n) is 2.83. The highest BCUT2D eigenvalue weighted by atomic mass is 19.1. The van der Waals surface area contributed by atoms with Crippen LogP contribution in [0.1, 0.15) is 27.5 Å². The molecule has 5 heteroatoms. The van der Waals surface area contributed by atoms with Crippen molar-refractivity contribution in [2.75, 3.05) is 6.61 Å². The lowest BCUT2D eigenvalue weighted by molar-refractivity contribution is 0.0907. The molecule has 0 radical (unpaired) electrons. The van der Waals surface area contributed by atoms with Gasteiger partial charge in [-0.15, -0.1) is 0 Å². The molecule has 3 rings (SSSR count). The van der Waals surface area contributed by atoms with E-state index in [9.17, 15) is 18.7 Å². The van der Waals surface area contributed by atoms with Crippen LogP contribution in [0.4, 0.5) is 8.78 Å². The van der Waals surface area contributed by atoms with Crippen molar-refractivity contribution in [2.24, 2.45) is 0 Å². The van der Waals surface area contributed by atoms with Crippen molar-refractivity contribution in [3.63, 3.8) is 0 Å². The summed E-state index contributed by atoms with van der Waals surface area (Å²) < 4.78 is 27.5. The third-order valence-corrected chi connectivity index (χ3v) is 4.38. The van der Waals surface area contributed by atoms with Gasteiger partial charge >= 0.3 is 0 Å². The summed E-state index contributed by atoms with van der Waals surface area (Å²) >= 11 is 0. The molecule has 0 spiro atoms. The van der Waals surface area contributed by atoms with Crippen LogP contribution in [0.2, 0.25) is 0 Å². The second kappa shape index (κ2) is 8.10. The Balaban J connectivity index is 1.79. The van der Waals surface area contributed by atoms with Crippen molar-refractivity contribution >= 4 is 5.91 Å². The molecule has 0 aromatic heterocycles. The van der Waals surface area contributed by atoms with E-state index in [0.29, 0.717) is 5.56 Å². The number of rotatable bonds is 5. The molecule has 0 fully saturated rings. The maximum Gasteiger partial charge on any atom is 0.257 e. The van der Waals surface area contributed by atoms with Gasteiger partial charge in [-0.1, -0.05) is 60.2 Å². The Hall–Kier alpha value is -3.05. The van der Waals surface area contributed by atoms with E-state index in [4.69, 9.17) is 0 Å². The number of hydrogen-bond acceptors (Lipinski definition) is 2. The third-order valence-electron chi connectivity index (χ3n) is 4.38. The molecular weight excluding hydrogens is 348 g/mol. The van der Waals surface area contributed by atoms with Gasteiger partial charge in [0.15, 0.2) is 0 Å². The van der Waals surface area contributed by atoms with E-state index in [1.807, 2.05) is 43.3 Å². The smallest absolute Gasteiger partial charge is 0.257 e. The molecule has 0 saturated heterocycles. The minimum atomic E-state index is -0.945. The summed E-state index contributed by atoms with van der Waals surface area (Å²) in [6.07, 6.45) is 0. The van der Waals surface area contributed by atoms with Crippen molar-refractivity contribution in [3.8, 4) is 11.1 Å². The molecular formula is C22H19F2NO2.